The summed E-state index contributed by atoms with van der Waals surface area (Å²) in [4.78, 5) is 48.5. The van der Waals surface area contributed by atoms with Gasteiger partial charge in [0.25, 0.3) is 5.91 Å². The van der Waals surface area contributed by atoms with E-state index in [1.54, 1.807) is 12.1 Å². The van der Waals surface area contributed by atoms with E-state index >= 15 is 0 Å². The van der Waals surface area contributed by atoms with E-state index in [2.05, 4.69) is 32.1 Å². The number of anilines is 1. The lowest BCUT2D eigenvalue weighted by molar-refractivity contribution is -0.138. The van der Waals surface area contributed by atoms with Crippen molar-refractivity contribution in [2.45, 2.75) is 58.3 Å². The molecular weight excluding hydrogens is 474 g/mol. The van der Waals surface area contributed by atoms with Crippen LogP contribution in [0.2, 0.25) is 0 Å². The lowest BCUT2D eigenvalue weighted by Gasteiger charge is -2.35. The number of carbonyl (C=O) groups excluding carboxylic acids is 3. The number of likely N-dealkylation sites (tertiary alicyclic amines) is 1. The molecule has 0 unspecified atom stereocenters. The molecule has 3 aliphatic heterocycles. The number of fused-ring (bicyclic) bond motifs is 1. The monoisotopic (exact) mass is 511 g/mol. The van der Waals surface area contributed by atoms with E-state index < -0.39 is 24.2 Å². The average Bonchev–Trinajstić information content (AvgIpc) is 3.43. The van der Waals surface area contributed by atoms with Crippen molar-refractivity contribution in [3.05, 3.63) is 40.3 Å². The van der Waals surface area contributed by atoms with Gasteiger partial charge in [0.15, 0.2) is 5.78 Å². The van der Waals surface area contributed by atoms with Crippen LogP contribution in [0.15, 0.2) is 29.4 Å². The molecule has 0 aromatic heterocycles. The van der Waals surface area contributed by atoms with Crippen LogP contribution in [0.3, 0.4) is 0 Å². The number of azide groups is 1. The zero-order valence-corrected chi connectivity index (χ0v) is 22.1. The van der Waals surface area contributed by atoms with Gasteiger partial charge in [0.2, 0.25) is 5.91 Å². The summed E-state index contributed by atoms with van der Waals surface area (Å²) in [7, 11) is 0. The van der Waals surface area contributed by atoms with E-state index in [0.29, 0.717) is 12.0 Å². The molecule has 0 saturated carbocycles. The summed E-state index contributed by atoms with van der Waals surface area (Å²) in [5.41, 5.74) is 10.2. The van der Waals surface area contributed by atoms with Crippen LogP contribution in [-0.4, -0.2) is 97.5 Å². The van der Waals surface area contributed by atoms with Crippen LogP contribution in [0, 0.1) is 5.41 Å². The number of rotatable bonds is 7. The molecule has 3 saturated heterocycles. The van der Waals surface area contributed by atoms with E-state index in [1.165, 1.54) is 4.90 Å². The Hall–Kier alpha value is -3.14. The molecule has 1 N–H and O–H groups in total. The number of likely N-dealkylation sites (N-methyl/N-ethyl adjacent to an activating group) is 1. The van der Waals surface area contributed by atoms with Gasteiger partial charge in [0, 0.05) is 48.9 Å². The van der Waals surface area contributed by atoms with E-state index in [9.17, 15) is 14.4 Å². The SMILES string of the molecule is CCN1CCN(c2ccc(C(=O)N[C@@H](CC(C)(C)C)C(=O)N3C[C@@H](N=[N+]=[N-])[C@H]4OCC(=O)[C@H]43)cc2)CC1. The number of Topliss-reactive ketones (excluding diaryl/α,β-unsaturated/α-hetero) is 1. The molecule has 37 heavy (non-hydrogen) atoms. The van der Waals surface area contributed by atoms with Gasteiger partial charge in [-0.25, -0.2) is 0 Å². The fraction of sp³-hybridized carbons (Fsp3) is 0.654. The van der Waals surface area contributed by atoms with Crippen LogP contribution < -0.4 is 10.2 Å². The summed E-state index contributed by atoms with van der Waals surface area (Å²) in [6, 6.07) is 5.19. The van der Waals surface area contributed by atoms with E-state index in [1.807, 2.05) is 32.9 Å². The van der Waals surface area contributed by atoms with Crippen LogP contribution in [0.25, 0.3) is 10.4 Å². The number of amides is 2. The first-order chi connectivity index (χ1) is 17.6. The van der Waals surface area contributed by atoms with Crippen LogP contribution >= 0.6 is 0 Å². The van der Waals surface area contributed by atoms with Crippen molar-refractivity contribution in [1.82, 2.24) is 15.1 Å². The Morgan fingerprint density at radius 1 is 1.19 bits per heavy atom. The number of ketones is 1. The molecule has 0 radical (unpaired) electrons. The van der Waals surface area contributed by atoms with Crippen molar-refractivity contribution in [2.24, 2.45) is 10.5 Å². The number of benzene rings is 1. The Morgan fingerprint density at radius 2 is 1.86 bits per heavy atom. The Morgan fingerprint density at radius 3 is 2.46 bits per heavy atom. The molecule has 4 rings (SSSR count). The molecule has 1 aromatic rings. The molecule has 3 fully saturated rings. The van der Waals surface area contributed by atoms with Gasteiger partial charge in [-0.15, -0.1) is 0 Å². The topological polar surface area (TPSA) is 131 Å². The minimum absolute atomic E-state index is 0.0838. The summed E-state index contributed by atoms with van der Waals surface area (Å²) in [5.74, 6) is -0.926. The Kier molecular flexibility index (Phi) is 8.06. The number of ether oxygens (including phenoxy) is 1. The van der Waals surface area contributed by atoms with Crippen molar-refractivity contribution in [3.8, 4) is 0 Å². The average molecular weight is 512 g/mol. The zero-order valence-electron chi connectivity index (χ0n) is 22.1. The molecule has 2 amide bonds. The van der Waals surface area contributed by atoms with Crippen LogP contribution in [0.4, 0.5) is 5.69 Å². The summed E-state index contributed by atoms with van der Waals surface area (Å²) in [6.07, 6.45) is -0.267. The van der Waals surface area contributed by atoms with Crippen molar-refractivity contribution in [3.63, 3.8) is 0 Å². The standard InChI is InChI=1S/C26H37N7O4/c1-5-31-10-12-32(13-11-31)18-8-6-17(7-9-18)24(35)28-19(14-26(2,3)4)25(36)33-15-20(29-30-27)23-22(33)21(34)16-37-23/h6-9,19-20,22-23H,5,10-16H2,1-4H3,(H,28,35)/t19-,20+,22+,23+/m0/s1. The third-order valence-electron chi connectivity index (χ3n) is 7.37. The number of hydrogen-bond donors (Lipinski definition) is 1. The molecule has 200 valence electrons. The highest BCUT2D eigenvalue weighted by Crippen LogP contribution is 2.32. The lowest BCUT2D eigenvalue weighted by Crippen LogP contribution is -2.53. The highest BCUT2D eigenvalue weighted by atomic mass is 16.5. The zero-order chi connectivity index (χ0) is 26.7. The highest BCUT2D eigenvalue weighted by molar-refractivity contribution is 5.99. The van der Waals surface area contributed by atoms with Crippen molar-refractivity contribution >= 4 is 23.3 Å². The Labute approximate surface area is 217 Å². The third kappa shape index (κ3) is 6.06. The second-order valence-electron chi connectivity index (χ2n) is 11.2. The maximum Gasteiger partial charge on any atom is 0.251 e. The van der Waals surface area contributed by atoms with Gasteiger partial charge in [-0.1, -0.05) is 32.8 Å². The molecule has 1 aromatic carbocycles. The van der Waals surface area contributed by atoms with E-state index in [0.717, 1.165) is 38.4 Å². The van der Waals surface area contributed by atoms with Crippen LogP contribution in [0.1, 0.15) is 44.5 Å². The van der Waals surface area contributed by atoms with Crippen molar-refractivity contribution < 1.29 is 19.1 Å². The second kappa shape index (κ2) is 11.1. The van der Waals surface area contributed by atoms with Gasteiger partial charge in [-0.3, -0.25) is 14.4 Å². The number of piperazine rings is 1. The first-order valence-electron chi connectivity index (χ1n) is 13.0. The molecule has 0 spiro atoms. The first kappa shape index (κ1) is 26.9. The normalized spacial score (nSPS) is 25.0. The molecule has 3 aliphatic rings. The van der Waals surface area contributed by atoms with Gasteiger partial charge in [-0.2, -0.15) is 0 Å². The number of nitrogens with zero attached hydrogens (tertiary/aromatic N) is 6. The van der Waals surface area contributed by atoms with Crippen LogP contribution in [0.5, 0.6) is 0 Å². The molecule has 3 heterocycles. The summed E-state index contributed by atoms with van der Waals surface area (Å²) >= 11 is 0. The predicted molar refractivity (Wildman–Crippen MR) is 139 cm³/mol. The largest absolute Gasteiger partial charge is 0.369 e. The maximum atomic E-state index is 13.7. The third-order valence-corrected chi connectivity index (χ3v) is 7.37. The molecule has 11 nitrogen and oxygen atoms in total. The summed E-state index contributed by atoms with van der Waals surface area (Å²) < 4.78 is 5.54. The Bertz CT molecular complexity index is 1060. The van der Waals surface area contributed by atoms with Crippen molar-refractivity contribution in [1.29, 1.82) is 0 Å². The van der Waals surface area contributed by atoms with Crippen molar-refractivity contribution in [2.75, 3.05) is 50.8 Å². The molecule has 11 heteroatoms. The second-order valence-corrected chi connectivity index (χ2v) is 11.2. The first-order valence-corrected chi connectivity index (χ1v) is 13.0. The Balaban J connectivity index is 1.48. The van der Waals surface area contributed by atoms with Gasteiger partial charge in [-0.05, 0) is 48.2 Å². The van der Waals surface area contributed by atoms with E-state index in [4.69, 9.17) is 10.3 Å². The summed E-state index contributed by atoms with van der Waals surface area (Å²) in [5, 5.41) is 6.66. The fourth-order valence-electron chi connectivity index (χ4n) is 5.43. The van der Waals surface area contributed by atoms with Gasteiger partial charge in [0.05, 0.1) is 12.1 Å². The smallest absolute Gasteiger partial charge is 0.251 e. The van der Waals surface area contributed by atoms with Gasteiger partial charge >= 0.3 is 0 Å². The lowest BCUT2D eigenvalue weighted by atomic mass is 9.87. The molecule has 0 aliphatic carbocycles. The predicted octanol–water partition coefficient (Wildman–Crippen LogP) is 2.22. The molecule has 0 bridgehead atoms. The number of hydrogen-bond acceptors (Lipinski definition) is 7. The van der Waals surface area contributed by atoms with Gasteiger partial charge in [0.1, 0.15) is 18.7 Å². The minimum atomic E-state index is -0.840. The maximum absolute atomic E-state index is 13.7. The summed E-state index contributed by atoms with van der Waals surface area (Å²) in [6.45, 7) is 13.1. The minimum Gasteiger partial charge on any atom is -0.369 e. The quantitative estimate of drug-likeness (QED) is 0.339. The van der Waals surface area contributed by atoms with E-state index in [-0.39, 0.29) is 36.2 Å². The molecule has 4 atom stereocenters. The number of carbonyl (C=O) groups is 3. The number of nitrogens with one attached hydrogen (secondary N) is 1. The van der Waals surface area contributed by atoms with Crippen LogP contribution in [-0.2, 0) is 14.3 Å². The fourth-order valence-corrected chi connectivity index (χ4v) is 5.43. The molecular formula is C26H37N7O4. The van der Waals surface area contributed by atoms with Gasteiger partial charge < -0.3 is 24.8 Å². The highest BCUT2D eigenvalue weighted by Gasteiger charge is 2.53.